The van der Waals surface area contributed by atoms with Gasteiger partial charge in [0.2, 0.25) is 0 Å². The molecule has 0 aliphatic carbocycles. The minimum absolute atomic E-state index is 0.739. The van der Waals surface area contributed by atoms with Crippen LogP contribution in [-0.2, 0) is 0 Å². The molecule has 2 bridgehead atoms. The Balaban J connectivity index is 2.02. The van der Waals surface area contributed by atoms with Crippen molar-refractivity contribution in [2.75, 3.05) is 7.71 Å². The Morgan fingerprint density at radius 2 is 1.04 bits per heavy atom. The molecule has 0 saturated heterocycles. The standard InChI is InChI=1S/C22H22GeN4/c1-15-13-17(3)26-22-12-8-6-10-20(22)25-16(2)14-18(4)27(23-26)21-11-7-5-9-19(21)24-15/h5-14H,1-4H3/b17-13-,18-14-,24-15?,25-16?. The average Bonchev–Trinajstić information content (AvgIpc) is 2.71. The molecule has 4 nitrogen and oxygen atoms in total. The van der Waals surface area contributed by atoms with Gasteiger partial charge >= 0.3 is 168 Å². The minimum atomic E-state index is -0.739. The maximum atomic E-state index is 4.90. The summed E-state index contributed by atoms with van der Waals surface area (Å²) < 4.78 is 4.88. The van der Waals surface area contributed by atoms with E-state index in [1.54, 1.807) is 0 Å². The fourth-order valence-corrected chi connectivity index (χ4v) is 6.02. The molecule has 0 saturated carbocycles. The molecule has 0 atom stereocenters. The summed E-state index contributed by atoms with van der Waals surface area (Å²) in [6.07, 6.45) is 4.35. The summed E-state index contributed by atoms with van der Waals surface area (Å²) >= 11 is -0.739. The van der Waals surface area contributed by atoms with E-state index in [0.717, 1.165) is 34.2 Å². The molecular formula is C22H22GeN4. The Labute approximate surface area is 167 Å². The van der Waals surface area contributed by atoms with Gasteiger partial charge in [-0.25, -0.2) is 0 Å². The Bertz CT molecular complexity index is 935. The quantitative estimate of drug-likeness (QED) is 0.529. The Morgan fingerprint density at radius 3 is 1.48 bits per heavy atom. The van der Waals surface area contributed by atoms with E-state index in [0.29, 0.717) is 0 Å². The van der Waals surface area contributed by atoms with Crippen LogP contribution < -0.4 is 7.71 Å². The number of benzene rings is 2. The number of aliphatic imine (C=N–C) groups is 2. The first-order valence-electron chi connectivity index (χ1n) is 9.05. The van der Waals surface area contributed by atoms with Gasteiger partial charge in [0.25, 0.3) is 0 Å². The fourth-order valence-electron chi connectivity index (χ4n) is 3.42. The van der Waals surface area contributed by atoms with E-state index >= 15 is 0 Å². The third kappa shape index (κ3) is 3.49. The maximum absolute atomic E-state index is 4.90. The molecule has 0 N–H and O–H groups in total. The zero-order valence-electron chi connectivity index (χ0n) is 16.1. The molecule has 5 heteroatoms. The van der Waals surface area contributed by atoms with Gasteiger partial charge in [-0.2, -0.15) is 0 Å². The third-order valence-electron chi connectivity index (χ3n) is 4.58. The number of hydrogen-bond acceptors (Lipinski definition) is 4. The number of fused-ring (bicyclic) bond motifs is 6. The molecular weight excluding hydrogens is 393 g/mol. The zero-order valence-corrected chi connectivity index (χ0v) is 18.2. The predicted molar refractivity (Wildman–Crippen MR) is 117 cm³/mol. The molecule has 27 heavy (non-hydrogen) atoms. The van der Waals surface area contributed by atoms with Crippen molar-refractivity contribution < 1.29 is 0 Å². The van der Waals surface area contributed by atoms with Crippen LogP contribution >= 0.6 is 0 Å². The molecule has 2 aromatic rings. The van der Waals surface area contributed by atoms with Crippen LogP contribution in [0.2, 0.25) is 0 Å². The third-order valence-corrected chi connectivity index (χ3v) is 7.91. The summed E-state index contributed by atoms with van der Waals surface area (Å²) in [5, 5.41) is 0. The molecule has 2 aromatic carbocycles. The topological polar surface area (TPSA) is 31.2 Å². The second-order valence-corrected chi connectivity index (χ2v) is 9.12. The Kier molecular flexibility index (Phi) is 4.74. The van der Waals surface area contributed by atoms with E-state index in [1.165, 1.54) is 11.4 Å². The summed E-state index contributed by atoms with van der Waals surface area (Å²) in [5.74, 6) is 0. The Morgan fingerprint density at radius 1 is 0.630 bits per heavy atom. The van der Waals surface area contributed by atoms with Gasteiger partial charge in [0.1, 0.15) is 0 Å². The summed E-state index contributed by atoms with van der Waals surface area (Å²) in [7, 11) is 0. The van der Waals surface area contributed by atoms with Crippen molar-refractivity contribution in [3.8, 4) is 0 Å². The predicted octanol–water partition coefficient (Wildman–Crippen LogP) is 5.55. The van der Waals surface area contributed by atoms with Crippen molar-refractivity contribution in [1.82, 2.24) is 0 Å². The van der Waals surface area contributed by atoms with Crippen molar-refractivity contribution >= 4 is 50.0 Å². The average molecular weight is 415 g/mol. The van der Waals surface area contributed by atoms with Gasteiger partial charge in [-0.1, -0.05) is 0 Å². The van der Waals surface area contributed by atoms with Crippen LogP contribution in [0.3, 0.4) is 0 Å². The first kappa shape index (κ1) is 17.8. The van der Waals surface area contributed by atoms with Crippen LogP contribution in [0.5, 0.6) is 0 Å². The van der Waals surface area contributed by atoms with Crippen LogP contribution in [0.1, 0.15) is 27.7 Å². The summed E-state index contributed by atoms with van der Waals surface area (Å²) in [6.45, 7) is 8.47. The molecule has 0 spiro atoms. The van der Waals surface area contributed by atoms with Crippen molar-refractivity contribution in [3.63, 3.8) is 0 Å². The van der Waals surface area contributed by atoms with Crippen molar-refractivity contribution in [2.24, 2.45) is 9.98 Å². The van der Waals surface area contributed by atoms with Gasteiger partial charge in [-0.05, 0) is 0 Å². The number of hydrogen-bond donors (Lipinski definition) is 0. The molecule has 2 aliphatic rings. The van der Waals surface area contributed by atoms with Crippen LogP contribution in [0.4, 0.5) is 22.7 Å². The zero-order chi connectivity index (χ0) is 19.0. The van der Waals surface area contributed by atoms with Crippen molar-refractivity contribution in [3.05, 3.63) is 72.1 Å². The summed E-state index contributed by atoms with van der Waals surface area (Å²) in [4.78, 5) is 9.80. The van der Waals surface area contributed by atoms with Gasteiger partial charge in [0.15, 0.2) is 0 Å². The van der Waals surface area contributed by atoms with Crippen LogP contribution in [0.25, 0.3) is 0 Å². The first-order valence-corrected chi connectivity index (χ1v) is 10.9. The number of anilines is 2. The van der Waals surface area contributed by atoms with E-state index < -0.39 is 15.9 Å². The molecule has 2 radical (unpaired) electrons. The number of rotatable bonds is 0. The second-order valence-electron chi connectivity index (χ2n) is 6.83. The number of allylic oxidation sites excluding steroid dienone is 4. The molecule has 4 rings (SSSR count). The monoisotopic (exact) mass is 416 g/mol. The number of nitrogens with zero attached hydrogens (tertiary/aromatic N) is 4. The fraction of sp³-hybridized carbons (Fsp3) is 0.182. The van der Waals surface area contributed by atoms with Gasteiger partial charge in [-0.3, -0.25) is 0 Å². The van der Waals surface area contributed by atoms with Crippen LogP contribution in [0, 0.1) is 0 Å². The SMILES string of the molecule is CC1=Nc2ccccc2[N]2[Ge][N](/C(C)=C\1)c1ccccc1N=C(C)/C=C\2C. The van der Waals surface area contributed by atoms with Gasteiger partial charge in [0, 0.05) is 0 Å². The molecule has 0 unspecified atom stereocenters. The number of para-hydroxylation sites is 4. The van der Waals surface area contributed by atoms with Crippen LogP contribution in [-0.4, -0.2) is 27.3 Å². The molecule has 0 aromatic heterocycles. The molecule has 134 valence electrons. The van der Waals surface area contributed by atoms with Crippen molar-refractivity contribution in [2.45, 2.75) is 27.7 Å². The normalized spacial score (nSPS) is 20.6. The van der Waals surface area contributed by atoms with E-state index in [1.807, 2.05) is 0 Å². The van der Waals surface area contributed by atoms with Gasteiger partial charge < -0.3 is 0 Å². The molecule has 0 amide bonds. The molecule has 2 heterocycles. The van der Waals surface area contributed by atoms with E-state index in [4.69, 9.17) is 9.98 Å². The van der Waals surface area contributed by atoms with Gasteiger partial charge in [-0.15, -0.1) is 0 Å². The van der Waals surface area contributed by atoms with E-state index in [2.05, 4.69) is 96.1 Å². The van der Waals surface area contributed by atoms with Gasteiger partial charge in [0.05, 0.1) is 0 Å². The molecule has 0 fully saturated rings. The summed E-state index contributed by atoms with van der Waals surface area (Å²) in [5.41, 5.74) is 8.76. The first-order chi connectivity index (χ1) is 13.0. The van der Waals surface area contributed by atoms with E-state index in [9.17, 15) is 0 Å². The molecule has 2 aliphatic heterocycles. The Hall–Kier alpha value is -2.60. The van der Waals surface area contributed by atoms with Crippen LogP contribution in [0.15, 0.2) is 82.1 Å². The summed E-state index contributed by atoms with van der Waals surface area (Å²) in [6, 6.07) is 16.8. The second kappa shape index (κ2) is 7.20. The van der Waals surface area contributed by atoms with Crippen molar-refractivity contribution in [1.29, 1.82) is 0 Å². The van der Waals surface area contributed by atoms with E-state index in [-0.39, 0.29) is 0 Å².